The number of fused-ring (bicyclic) bond motifs is 1. The minimum Gasteiger partial charge on any atom is -0.342 e. The summed E-state index contributed by atoms with van der Waals surface area (Å²) < 4.78 is 1.86. The van der Waals surface area contributed by atoms with E-state index >= 15 is 0 Å². The maximum atomic E-state index is 12.4. The Morgan fingerprint density at radius 3 is 3.14 bits per heavy atom. The smallest absolute Gasteiger partial charge is 0.222 e. The molecule has 21 heavy (non-hydrogen) atoms. The van der Waals surface area contributed by atoms with Gasteiger partial charge in [0.25, 0.3) is 0 Å². The zero-order chi connectivity index (χ0) is 14.7. The van der Waals surface area contributed by atoms with E-state index in [0.29, 0.717) is 24.3 Å². The summed E-state index contributed by atoms with van der Waals surface area (Å²) in [6, 6.07) is 2.63. The highest BCUT2D eigenvalue weighted by molar-refractivity contribution is 5.76. The van der Waals surface area contributed by atoms with Gasteiger partial charge in [-0.15, -0.1) is 0 Å². The molecule has 1 aromatic heterocycles. The van der Waals surface area contributed by atoms with Crippen LogP contribution in [-0.2, 0) is 18.3 Å². The molecular weight excluding hydrogens is 264 g/mol. The maximum absolute atomic E-state index is 12.4. The van der Waals surface area contributed by atoms with Crippen LogP contribution in [0.25, 0.3) is 0 Å². The lowest BCUT2D eigenvalue weighted by molar-refractivity contribution is -0.133. The van der Waals surface area contributed by atoms with Gasteiger partial charge in [-0.25, -0.2) is 0 Å². The molecule has 1 aromatic rings. The second-order valence-corrected chi connectivity index (χ2v) is 6.39. The normalized spacial score (nSPS) is 26.2. The Hall–Kier alpha value is -1.36. The number of aryl methyl sites for hydroxylation is 2. The van der Waals surface area contributed by atoms with Crippen molar-refractivity contribution in [2.45, 2.75) is 44.6 Å². The Kier molecular flexibility index (Phi) is 4.58. The van der Waals surface area contributed by atoms with Gasteiger partial charge in [-0.05, 0) is 44.2 Å². The molecule has 2 aliphatic rings. The third-order valence-corrected chi connectivity index (χ3v) is 5.01. The lowest BCUT2D eigenvalue weighted by Crippen LogP contribution is -2.50. The minimum atomic E-state index is 0.305. The second-order valence-electron chi connectivity index (χ2n) is 6.39. The molecule has 0 radical (unpaired) electrons. The molecule has 3 heterocycles. The molecule has 1 amide bonds. The summed E-state index contributed by atoms with van der Waals surface area (Å²) >= 11 is 0. The number of hydrogen-bond acceptors (Lipinski definition) is 3. The van der Waals surface area contributed by atoms with Crippen molar-refractivity contribution in [3.8, 4) is 0 Å². The number of hydrogen-bond donors (Lipinski definition) is 1. The Balaban J connectivity index is 1.52. The van der Waals surface area contributed by atoms with Crippen molar-refractivity contribution in [3.63, 3.8) is 0 Å². The summed E-state index contributed by atoms with van der Waals surface area (Å²) in [4.78, 5) is 14.5. The van der Waals surface area contributed by atoms with E-state index in [4.69, 9.17) is 0 Å². The SMILES string of the molecule is Cn1nccc1CCC(=O)N1CC[C@H]2NCCCC[C@H]2C1. The van der Waals surface area contributed by atoms with Crippen LogP contribution in [0.1, 0.15) is 37.8 Å². The van der Waals surface area contributed by atoms with Crippen molar-refractivity contribution >= 4 is 5.91 Å². The molecule has 5 nitrogen and oxygen atoms in total. The first-order valence-corrected chi connectivity index (χ1v) is 8.22. The van der Waals surface area contributed by atoms with Gasteiger partial charge in [0.1, 0.15) is 0 Å². The third-order valence-electron chi connectivity index (χ3n) is 5.01. The van der Waals surface area contributed by atoms with Gasteiger partial charge in [0.2, 0.25) is 5.91 Å². The highest BCUT2D eigenvalue weighted by Gasteiger charge is 2.31. The number of carbonyl (C=O) groups excluding carboxylic acids is 1. The number of carbonyl (C=O) groups is 1. The van der Waals surface area contributed by atoms with Crippen LogP contribution < -0.4 is 5.32 Å². The average molecular weight is 290 g/mol. The molecule has 5 heteroatoms. The summed E-state index contributed by atoms with van der Waals surface area (Å²) in [5.41, 5.74) is 1.13. The Morgan fingerprint density at radius 1 is 1.43 bits per heavy atom. The molecule has 2 saturated heterocycles. The van der Waals surface area contributed by atoms with Crippen molar-refractivity contribution in [2.24, 2.45) is 13.0 Å². The van der Waals surface area contributed by atoms with E-state index in [1.54, 1.807) is 6.20 Å². The summed E-state index contributed by atoms with van der Waals surface area (Å²) in [7, 11) is 1.93. The number of rotatable bonds is 3. The molecule has 0 saturated carbocycles. The molecule has 0 aromatic carbocycles. The van der Waals surface area contributed by atoms with Crippen molar-refractivity contribution in [2.75, 3.05) is 19.6 Å². The van der Waals surface area contributed by atoms with Crippen LogP contribution in [0.4, 0.5) is 0 Å². The van der Waals surface area contributed by atoms with Gasteiger partial charge in [0, 0.05) is 44.5 Å². The third kappa shape index (κ3) is 3.46. The quantitative estimate of drug-likeness (QED) is 0.914. The van der Waals surface area contributed by atoms with E-state index in [-0.39, 0.29) is 0 Å². The Labute approximate surface area is 126 Å². The lowest BCUT2D eigenvalue weighted by atomic mass is 9.89. The van der Waals surface area contributed by atoms with Gasteiger partial charge in [-0.2, -0.15) is 5.10 Å². The van der Waals surface area contributed by atoms with Crippen LogP contribution in [0.3, 0.4) is 0 Å². The standard InChI is InChI=1S/C16H26N4O/c1-19-14(7-10-18-19)5-6-16(21)20-11-8-15-13(12-20)4-2-3-9-17-15/h7,10,13,15,17H,2-6,8-9,11-12H2,1H3/t13-,15+/m0/s1. The number of likely N-dealkylation sites (tertiary alicyclic amines) is 1. The van der Waals surface area contributed by atoms with Crippen LogP contribution in [0.15, 0.2) is 12.3 Å². The number of aromatic nitrogens is 2. The minimum absolute atomic E-state index is 0.305. The fraction of sp³-hybridized carbons (Fsp3) is 0.750. The fourth-order valence-electron chi connectivity index (χ4n) is 3.68. The van der Waals surface area contributed by atoms with Gasteiger partial charge in [0.15, 0.2) is 0 Å². The van der Waals surface area contributed by atoms with E-state index in [1.807, 2.05) is 17.8 Å². The highest BCUT2D eigenvalue weighted by atomic mass is 16.2. The molecule has 2 aliphatic heterocycles. The summed E-state index contributed by atoms with van der Waals surface area (Å²) in [6.45, 7) is 3.01. The first-order valence-electron chi connectivity index (χ1n) is 8.22. The topological polar surface area (TPSA) is 50.2 Å². The predicted molar refractivity (Wildman–Crippen MR) is 81.9 cm³/mol. The molecule has 116 valence electrons. The van der Waals surface area contributed by atoms with Crippen LogP contribution in [0.2, 0.25) is 0 Å². The molecular formula is C16H26N4O. The van der Waals surface area contributed by atoms with Gasteiger partial charge < -0.3 is 10.2 Å². The van der Waals surface area contributed by atoms with E-state index in [0.717, 1.165) is 38.2 Å². The van der Waals surface area contributed by atoms with Crippen LogP contribution in [-0.4, -0.2) is 46.3 Å². The Morgan fingerprint density at radius 2 is 2.33 bits per heavy atom. The predicted octanol–water partition coefficient (Wildman–Crippen LogP) is 1.34. The van der Waals surface area contributed by atoms with Crippen molar-refractivity contribution in [3.05, 3.63) is 18.0 Å². The van der Waals surface area contributed by atoms with Gasteiger partial charge >= 0.3 is 0 Å². The van der Waals surface area contributed by atoms with E-state index in [1.165, 1.54) is 19.3 Å². The molecule has 0 spiro atoms. The van der Waals surface area contributed by atoms with Gasteiger partial charge in [-0.1, -0.05) is 6.42 Å². The first-order chi connectivity index (χ1) is 10.2. The first kappa shape index (κ1) is 14.6. The molecule has 3 rings (SSSR count). The molecule has 1 N–H and O–H groups in total. The molecule has 2 fully saturated rings. The lowest BCUT2D eigenvalue weighted by Gasteiger charge is -2.38. The number of piperidine rings is 1. The largest absolute Gasteiger partial charge is 0.342 e. The van der Waals surface area contributed by atoms with Crippen molar-refractivity contribution in [1.29, 1.82) is 0 Å². The summed E-state index contributed by atoms with van der Waals surface area (Å²) in [6.07, 6.45) is 8.14. The molecule has 0 aliphatic carbocycles. The summed E-state index contributed by atoms with van der Waals surface area (Å²) in [5.74, 6) is 0.959. The highest BCUT2D eigenvalue weighted by Crippen LogP contribution is 2.25. The fourth-order valence-corrected chi connectivity index (χ4v) is 3.68. The summed E-state index contributed by atoms with van der Waals surface area (Å²) in [5, 5.41) is 7.81. The monoisotopic (exact) mass is 290 g/mol. The average Bonchev–Trinajstić information content (AvgIpc) is 2.76. The zero-order valence-corrected chi connectivity index (χ0v) is 12.9. The Bertz CT molecular complexity index is 484. The van der Waals surface area contributed by atoms with Gasteiger partial charge in [0.05, 0.1) is 0 Å². The number of nitrogens with one attached hydrogen (secondary N) is 1. The van der Waals surface area contributed by atoms with Gasteiger partial charge in [-0.3, -0.25) is 9.48 Å². The van der Waals surface area contributed by atoms with E-state index < -0.39 is 0 Å². The number of amides is 1. The zero-order valence-electron chi connectivity index (χ0n) is 12.9. The van der Waals surface area contributed by atoms with E-state index in [2.05, 4.69) is 15.3 Å². The second kappa shape index (κ2) is 6.60. The molecule has 0 unspecified atom stereocenters. The van der Waals surface area contributed by atoms with Crippen LogP contribution in [0.5, 0.6) is 0 Å². The maximum Gasteiger partial charge on any atom is 0.222 e. The van der Waals surface area contributed by atoms with Crippen LogP contribution in [0, 0.1) is 5.92 Å². The van der Waals surface area contributed by atoms with Crippen molar-refractivity contribution < 1.29 is 4.79 Å². The number of nitrogens with zero attached hydrogens (tertiary/aromatic N) is 3. The molecule has 2 atom stereocenters. The van der Waals surface area contributed by atoms with Crippen LogP contribution >= 0.6 is 0 Å². The van der Waals surface area contributed by atoms with Crippen molar-refractivity contribution in [1.82, 2.24) is 20.0 Å². The van der Waals surface area contributed by atoms with E-state index in [9.17, 15) is 4.79 Å². The molecule has 0 bridgehead atoms.